The van der Waals surface area contributed by atoms with Crippen LogP contribution in [0.25, 0.3) is 17.1 Å². The van der Waals surface area contributed by atoms with Crippen molar-refractivity contribution in [3.8, 4) is 22.8 Å². The fraction of sp³-hybridized carbons (Fsp3) is 0.105. The highest BCUT2D eigenvalue weighted by Gasteiger charge is 2.13. The quantitative estimate of drug-likeness (QED) is 0.431. The molecule has 0 aliphatic rings. The Labute approximate surface area is 165 Å². The molecular weight excluding hydrogens is 384 g/mol. The lowest BCUT2D eigenvalue weighted by Gasteiger charge is -2.08. The standard InChI is InChI=1S/C19H15ClN4O2S/c1-25-14-6-4-5-13(11-14)24-10-9-21-19(24)27-12-17-22-18(23-26-17)15-7-2-3-8-16(15)20/h2-11H,12H2,1H3. The lowest BCUT2D eigenvalue weighted by atomic mass is 10.2. The first-order chi connectivity index (χ1) is 13.2. The maximum absolute atomic E-state index is 6.19. The van der Waals surface area contributed by atoms with E-state index in [9.17, 15) is 0 Å². The van der Waals surface area contributed by atoms with Crippen molar-refractivity contribution in [2.24, 2.45) is 0 Å². The first kappa shape index (κ1) is 17.6. The summed E-state index contributed by atoms with van der Waals surface area (Å²) in [6.45, 7) is 0. The minimum absolute atomic E-state index is 0.479. The number of ether oxygens (including phenoxy) is 1. The van der Waals surface area contributed by atoms with Gasteiger partial charge in [0.25, 0.3) is 0 Å². The molecule has 0 unspecified atom stereocenters. The average molecular weight is 399 g/mol. The van der Waals surface area contributed by atoms with E-state index in [0.717, 1.165) is 22.2 Å². The summed E-state index contributed by atoms with van der Waals surface area (Å²) in [6, 6.07) is 15.2. The number of hydrogen-bond acceptors (Lipinski definition) is 6. The molecule has 0 atom stereocenters. The van der Waals surface area contributed by atoms with Crippen LogP contribution in [-0.4, -0.2) is 26.8 Å². The third-order valence-corrected chi connectivity index (χ3v) is 5.13. The molecule has 4 aromatic rings. The van der Waals surface area contributed by atoms with E-state index in [1.165, 1.54) is 11.8 Å². The third kappa shape index (κ3) is 3.84. The molecule has 0 aliphatic carbocycles. The molecule has 0 aliphatic heterocycles. The normalized spacial score (nSPS) is 10.9. The summed E-state index contributed by atoms with van der Waals surface area (Å²) >= 11 is 7.70. The Morgan fingerprint density at radius 2 is 2.07 bits per heavy atom. The number of thioether (sulfide) groups is 1. The van der Waals surface area contributed by atoms with Crippen LogP contribution >= 0.6 is 23.4 Å². The molecule has 2 heterocycles. The van der Waals surface area contributed by atoms with Crippen LogP contribution in [0.1, 0.15) is 5.89 Å². The van der Waals surface area contributed by atoms with Crippen molar-refractivity contribution in [3.05, 3.63) is 71.8 Å². The predicted octanol–water partition coefficient (Wildman–Crippen LogP) is 4.88. The Balaban J connectivity index is 1.51. The third-order valence-electron chi connectivity index (χ3n) is 3.85. The predicted molar refractivity (Wildman–Crippen MR) is 104 cm³/mol. The number of hydrogen-bond donors (Lipinski definition) is 0. The van der Waals surface area contributed by atoms with E-state index in [1.54, 1.807) is 19.4 Å². The molecule has 2 aromatic carbocycles. The smallest absolute Gasteiger partial charge is 0.237 e. The molecule has 6 nitrogen and oxygen atoms in total. The zero-order valence-corrected chi connectivity index (χ0v) is 15.9. The molecular formula is C19H15ClN4O2S. The number of imidazole rings is 1. The van der Waals surface area contributed by atoms with Gasteiger partial charge in [0.2, 0.25) is 11.7 Å². The van der Waals surface area contributed by atoms with Crippen molar-refractivity contribution in [2.45, 2.75) is 10.9 Å². The minimum Gasteiger partial charge on any atom is -0.497 e. The summed E-state index contributed by atoms with van der Waals surface area (Å²) < 4.78 is 12.6. The van der Waals surface area contributed by atoms with Gasteiger partial charge in [-0.2, -0.15) is 4.98 Å². The molecule has 27 heavy (non-hydrogen) atoms. The molecule has 0 fully saturated rings. The summed E-state index contributed by atoms with van der Waals surface area (Å²) in [5.74, 6) is 2.28. The largest absolute Gasteiger partial charge is 0.497 e. The van der Waals surface area contributed by atoms with Crippen LogP contribution in [0.15, 0.2) is 70.6 Å². The summed E-state index contributed by atoms with van der Waals surface area (Å²) in [7, 11) is 1.65. The van der Waals surface area contributed by atoms with E-state index in [-0.39, 0.29) is 0 Å². The van der Waals surface area contributed by atoms with Crippen LogP contribution in [0.2, 0.25) is 5.02 Å². The Hall–Kier alpha value is -2.77. The van der Waals surface area contributed by atoms with Crippen molar-refractivity contribution in [3.63, 3.8) is 0 Å². The van der Waals surface area contributed by atoms with Crippen LogP contribution in [0, 0.1) is 0 Å². The molecule has 136 valence electrons. The Kier molecular flexibility index (Phi) is 5.13. The molecule has 0 saturated carbocycles. The number of rotatable bonds is 6. The second-order valence-corrected chi connectivity index (χ2v) is 6.91. The van der Waals surface area contributed by atoms with Gasteiger partial charge in [-0.3, -0.25) is 4.57 Å². The van der Waals surface area contributed by atoms with Crippen LogP contribution in [0.3, 0.4) is 0 Å². The second kappa shape index (κ2) is 7.85. The van der Waals surface area contributed by atoms with Crippen LogP contribution < -0.4 is 4.74 Å². The molecule has 4 rings (SSSR count). The van der Waals surface area contributed by atoms with Gasteiger partial charge in [-0.1, -0.05) is 46.7 Å². The van der Waals surface area contributed by atoms with Gasteiger partial charge in [0, 0.05) is 24.0 Å². The lowest BCUT2D eigenvalue weighted by molar-refractivity contribution is 0.391. The first-order valence-corrected chi connectivity index (χ1v) is 9.49. The van der Waals surface area contributed by atoms with Crippen LogP contribution in [0.5, 0.6) is 5.75 Å². The van der Waals surface area contributed by atoms with E-state index in [4.69, 9.17) is 20.9 Å². The lowest BCUT2D eigenvalue weighted by Crippen LogP contribution is -1.96. The maximum Gasteiger partial charge on any atom is 0.237 e. The number of aromatic nitrogens is 4. The fourth-order valence-corrected chi connectivity index (χ4v) is 3.58. The molecule has 2 aromatic heterocycles. The van der Waals surface area contributed by atoms with E-state index in [1.807, 2.05) is 53.2 Å². The van der Waals surface area contributed by atoms with Gasteiger partial charge >= 0.3 is 0 Å². The zero-order chi connectivity index (χ0) is 18.6. The van der Waals surface area contributed by atoms with Gasteiger partial charge in [-0.25, -0.2) is 4.98 Å². The molecule has 0 amide bonds. The van der Waals surface area contributed by atoms with Crippen molar-refractivity contribution in [1.82, 2.24) is 19.7 Å². The van der Waals surface area contributed by atoms with Crippen LogP contribution in [0.4, 0.5) is 0 Å². The summed E-state index contributed by atoms with van der Waals surface area (Å²) in [4.78, 5) is 8.85. The van der Waals surface area contributed by atoms with E-state index >= 15 is 0 Å². The van der Waals surface area contributed by atoms with Gasteiger partial charge in [-0.05, 0) is 24.3 Å². The summed E-state index contributed by atoms with van der Waals surface area (Å²) in [5, 5.41) is 5.43. The Morgan fingerprint density at radius 3 is 2.93 bits per heavy atom. The van der Waals surface area contributed by atoms with Crippen molar-refractivity contribution in [1.29, 1.82) is 0 Å². The van der Waals surface area contributed by atoms with Crippen molar-refractivity contribution in [2.75, 3.05) is 7.11 Å². The van der Waals surface area contributed by atoms with Gasteiger partial charge in [0.05, 0.1) is 23.6 Å². The van der Waals surface area contributed by atoms with Gasteiger partial charge in [-0.15, -0.1) is 0 Å². The first-order valence-electron chi connectivity index (χ1n) is 8.12. The highest BCUT2D eigenvalue weighted by molar-refractivity contribution is 7.98. The Bertz CT molecular complexity index is 1060. The van der Waals surface area contributed by atoms with Gasteiger partial charge in [0.15, 0.2) is 5.16 Å². The highest BCUT2D eigenvalue weighted by Crippen LogP contribution is 2.28. The zero-order valence-electron chi connectivity index (χ0n) is 14.4. The summed E-state index contributed by atoms with van der Waals surface area (Å²) in [5.41, 5.74) is 1.72. The highest BCUT2D eigenvalue weighted by atomic mass is 35.5. The van der Waals surface area contributed by atoms with Crippen molar-refractivity contribution < 1.29 is 9.26 Å². The molecule has 0 radical (unpaired) electrons. The van der Waals surface area contributed by atoms with Crippen LogP contribution in [-0.2, 0) is 5.75 Å². The average Bonchev–Trinajstić information content (AvgIpc) is 3.36. The molecule has 0 N–H and O–H groups in total. The number of nitrogens with zero attached hydrogens (tertiary/aromatic N) is 4. The minimum atomic E-state index is 0.479. The van der Waals surface area contributed by atoms with E-state index in [2.05, 4.69) is 15.1 Å². The number of halogens is 1. The topological polar surface area (TPSA) is 66.0 Å². The van der Waals surface area contributed by atoms with E-state index in [0.29, 0.717) is 22.5 Å². The Morgan fingerprint density at radius 1 is 1.19 bits per heavy atom. The number of methoxy groups -OCH3 is 1. The monoisotopic (exact) mass is 398 g/mol. The SMILES string of the molecule is COc1cccc(-n2ccnc2SCc2nc(-c3ccccc3Cl)no2)c1. The fourth-order valence-electron chi connectivity index (χ4n) is 2.55. The second-order valence-electron chi connectivity index (χ2n) is 5.56. The molecule has 0 saturated heterocycles. The molecule has 0 bridgehead atoms. The number of benzene rings is 2. The maximum atomic E-state index is 6.19. The van der Waals surface area contributed by atoms with Crippen molar-refractivity contribution >= 4 is 23.4 Å². The van der Waals surface area contributed by atoms with Gasteiger partial charge in [0.1, 0.15) is 5.75 Å². The summed E-state index contributed by atoms with van der Waals surface area (Å²) in [6.07, 6.45) is 3.66. The molecule has 8 heteroatoms. The van der Waals surface area contributed by atoms with Gasteiger partial charge < -0.3 is 9.26 Å². The molecule has 0 spiro atoms. The van der Waals surface area contributed by atoms with E-state index < -0.39 is 0 Å².